The van der Waals surface area contributed by atoms with Crippen molar-refractivity contribution >= 4 is 0 Å². The molecule has 0 fully saturated rings. The summed E-state index contributed by atoms with van der Waals surface area (Å²) in [7, 11) is 0. The highest BCUT2D eigenvalue weighted by Gasteiger charge is 1.82. The van der Waals surface area contributed by atoms with E-state index in [1.807, 2.05) is 6.92 Å². The normalized spacial score (nSPS) is 15.8. The van der Waals surface area contributed by atoms with Crippen molar-refractivity contribution in [2.24, 2.45) is 0 Å². The average molecular weight is 67.1 g/mol. The molecule has 1 heterocycles. The molecule has 0 aliphatic carbocycles. The molecule has 5 heavy (non-hydrogen) atoms. The second-order valence-electron chi connectivity index (χ2n) is 1.06. The van der Waals surface area contributed by atoms with Crippen LogP contribution in [0.2, 0.25) is 0 Å². The molecule has 1 rings (SSSR count). The minimum atomic E-state index is 1.13. The van der Waals surface area contributed by atoms with Crippen LogP contribution in [-0.4, -0.2) is 0 Å². The van der Waals surface area contributed by atoms with E-state index in [4.69, 9.17) is 0 Å². The molecule has 0 atom stereocenters. The van der Waals surface area contributed by atoms with Gasteiger partial charge in [0, 0.05) is 6.20 Å². The van der Waals surface area contributed by atoms with E-state index < -0.39 is 0 Å². The second-order valence-corrected chi connectivity index (χ2v) is 1.06. The Morgan fingerprint density at radius 2 is 2.40 bits per heavy atom. The van der Waals surface area contributed by atoms with E-state index in [9.17, 15) is 0 Å². The Hall–Kier alpha value is -0.680. The van der Waals surface area contributed by atoms with Gasteiger partial charge in [-0.2, -0.15) is 0 Å². The first-order valence-corrected chi connectivity index (χ1v) is 1.58. The van der Waals surface area contributed by atoms with Gasteiger partial charge >= 0.3 is 0 Å². The van der Waals surface area contributed by atoms with Gasteiger partial charge in [-0.1, -0.05) is 5.73 Å². The van der Waals surface area contributed by atoms with Gasteiger partial charge in [-0.15, -0.1) is 0 Å². The lowest BCUT2D eigenvalue weighted by atomic mass is 10.4. The predicted octanol–water partition coefficient (Wildman–Crippen LogP) is 0.606. The Labute approximate surface area is 31.0 Å². The summed E-state index contributed by atoms with van der Waals surface area (Å²) in [5.41, 5.74) is 4.02. The van der Waals surface area contributed by atoms with Crippen LogP contribution in [0.4, 0.5) is 0 Å². The van der Waals surface area contributed by atoms with Crippen molar-refractivity contribution in [3.05, 3.63) is 17.6 Å². The Balaban J connectivity index is 2.85. The maximum atomic E-state index is 2.89. The topological polar surface area (TPSA) is 12.0 Å². The Morgan fingerprint density at radius 3 is 2.40 bits per heavy atom. The summed E-state index contributed by atoms with van der Waals surface area (Å²) in [5.74, 6) is 0. The second kappa shape index (κ2) is 0.631. The summed E-state index contributed by atoms with van der Waals surface area (Å²) < 4.78 is 0. The van der Waals surface area contributed by atoms with E-state index in [-0.39, 0.29) is 0 Å². The molecular formula is C4H5N. The minimum Gasteiger partial charge on any atom is -0.352 e. The van der Waals surface area contributed by atoms with Gasteiger partial charge in [0.1, 0.15) is 0 Å². The van der Waals surface area contributed by atoms with Gasteiger partial charge in [0.2, 0.25) is 0 Å². The Morgan fingerprint density at radius 1 is 2.00 bits per heavy atom. The van der Waals surface area contributed by atoms with Crippen LogP contribution in [0.3, 0.4) is 0 Å². The minimum absolute atomic E-state index is 1.13. The molecule has 0 saturated heterocycles. The number of hydrogen-bond donors (Lipinski definition) is 1. The third kappa shape index (κ3) is 0.204. The summed E-state index contributed by atoms with van der Waals surface area (Å²) in [4.78, 5) is 0. The zero-order valence-electron chi connectivity index (χ0n) is 3.08. The van der Waals surface area contributed by atoms with Crippen molar-refractivity contribution < 1.29 is 0 Å². The van der Waals surface area contributed by atoms with E-state index in [1.54, 1.807) is 6.20 Å². The molecule has 0 radical (unpaired) electrons. The first-order valence-electron chi connectivity index (χ1n) is 1.58. The molecule has 26 valence electrons. The van der Waals surface area contributed by atoms with Gasteiger partial charge in [-0.3, -0.25) is 0 Å². The van der Waals surface area contributed by atoms with Gasteiger partial charge in [-0.25, -0.2) is 0 Å². The number of hydrogen-bond acceptors (Lipinski definition) is 1. The van der Waals surface area contributed by atoms with Gasteiger partial charge in [0.15, 0.2) is 0 Å². The van der Waals surface area contributed by atoms with Gasteiger partial charge < -0.3 is 5.32 Å². The number of rotatable bonds is 0. The van der Waals surface area contributed by atoms with Crippen LogP contribution in [0.5, 0.6) is 0 Å². The summed E-state index contributed by atoms with van der Waals surface area (Å²) in [5, 5.41) is 2.89. The van der Waals surface area contributed by atoms with Crippen molar-refractivity contribution in [2.75, 3.05) is 0 Å². The lowest BCUT2D eigenvalue weighted by molar-refractivity contribution is 1.01. The molecule has 1 nitrogen and oxygen atoms in total. The summed E-state index contributed by atoms with van der Waals surface area (Å²) in [6.45, 7) is 1.97. The first kappa shape index (κ1) is 2.55. The van der Waals surface area contributed by atoms with Crippen LogP contribution in [0, 0.1) is 0 Å². The molecule has 0 aromatic rings. The average Bonchev–Trinajstić information content (AvgIpc) is 1.30. The smallest absolute Gasteiger partial charge is 0.0566 e. The maximum absolute atomic E-state index is 2.89. The SMILES string of the molecule is CC1=C=CN1. The summed E-state index contributed by atoms with van der Waals surface area (Å²) >= 11 is 0. The lowest BCUT2D eigenvalue weighted by Crippen LogP contribution is -2.05. The van der Waals surface area contributed by atoms with Gasteiger partial charge in [-0.05, 0) is 6.92 Å². The van der Waals surface area contributed by atoms with Crippen molar-refractivity contribution in [3.63, 3.8) is 0 Å². The van der Waals surface area contributed by atoms with Gasteiger partial charge in [0.25, 0.3) is 0 Å². The third-order valence-electron chi connectivity index (χ3n) is 0.577. The van der Waals surface area contributed by atoms with E-state index in [2.05, 4.69) is 11.0 Å². The molecule has 0 aromatic heterocycles. The number of allylic oxidation sites excluding steroid dienone is 1. The quantitative estimate of drug-likeness (QED) is 0.409. The summed E-state index contributed by atoms with van der Waals surface area (Å²) in [6, 6.07) is 0. The monoisotopic (exact) mass is 67.0 g/mol. The molecule has 1 N–H and O–H groups in total. The van der Waals surface area contributed by atoms with Crippen molar-refractivity contribution in [2.45, 2.75) is 6.92 Å². The zero-order valence-corrected chi connectivity index (χ0v) is 3.08. The highest BCUT2D eigenvalue weighted by Crippen LogP contribution is 1.87. The summed E-state index contributed by atoms with van der Waals surface area (Å²) in [6.07, 6.45) is 1.79. The predicted molar refractivity (Wildman–Crippen MR) is 20.4 cm³/mol. The van der Waals surface area contributed by atoms with Crippen molar-refractivity contribution in [3.8, 4) is 0 Å². The van der Waals surface area contributed by atoms with E-state index in [1.165, 1.54) is 0 Å². The van der Waals surface area contributed by atoms with Crippen LogP contribution in [0.25, 0.3) is 0 Å². The highest BCUT2D eigenvalue weighted by molar-refractivity contribution is 5.07. The van der Waals surface area contributed by atoms with Crippen molar-refractivity contribution in [1.29, 1.82) is 0 Å². The first-order chi connectivity index (χ1) is 2.39. The molecule has 0 unspecified atom stereocenters. The molecule has 1 aliphatic rings. The van der Waals surface area contributed by atoms with Crippen LogP contribution in [0.1, 0.15) is 6.92 Å². The molecular weight excluding hydrogens is 62.1 g/mol. The van der Waals surface area contributed by atoms with Gasteiger partial charge in [0.05, 0.1) is 5.70 Å². The molecule has 0 amide bonds. The molecule has 1 aliphatic heterocycles. The standard InChI is InChI=1S/C4H5N/c1-4-2-3-5-4/h3,5H,1H3. The number of nitrogens with one attached hydrogen (secondary N) is 1. The van der Waals surface area contributed by atoms with E-state index in [0.717, 1.165) is 5.70 Å². The molecule has 0 bridgehead atoms. The Kier molecular flexibility index (Phi) is 0.322. The van der Waals surface area contributed by atoms with Crippen molar-refractivity contribution in [1.82, 2.24) is 5.32 Å². The molecule has 1 heteroatoms. The van der Waals surface area contributed by atoms with E-state index >= 15 is 0 Å². The molecule has 0 aromatic carbocycles. The zero-order chi connectivity index (χ0) is 3.70. The largest absolute Gasteiger partial charge is 0.352 e. The maximum Gasteiger partial charge on any atom is 0.0566 e. The third-order valence-corrected chi connectivity index (χ3v) is 0.577. The lowest BCUT2D eigenvalue weighted by Gasteiger charge is -1.99. The highest BCUT2D eigenvalue weighted by atomic mass is 14.9. The Bertz CT molecular complexity index is 96.2. The molecule has 0 spiro atoms. The van der Waals surface area contributed by atoms with Crippen LogP contribution in [0.15, 0.2) is 17.6 Å². The van der Waals surface area contributed by atoms with E-state index in [0.29, 0.717) is 0 Å². The fourth-order valence-corrected chi connectivity index (χ4v) is 0.217. The van der Waals surface area contributed by atoms with Crippen LogP contribution >= 0.6 is 0 Å². The fourth-order valence-electron chi connectivity index (χ4n) is 0.217. The van der Waals surface area contributed by atoms with Crippen LogP contribution < -0.4 is 5.32 Å². The van der Waals surface area contributed by atoms with Crippen LogP contribution in [-0.2, 0) is 0 Å². The molecule has 0 saturated carbocycles. The fraction of sp³-hybridized carbons (Fsp3) is 0.250.